The van der Waals surface area contributed by atoms with Crippen molar-refractivity contribution in [3.63, 3.8) is 0 Å². The van der Waals surface area contributed by atoms with E-state index in [1.807, 2.05) is 54.6 Å². The number of amides is 3. The van der Waals surface area contributed by atoms with Gasteiger partial charge in [-0.15, -0.1) is 0 Å². The number of hydrogen-bond acceptors (Lipinski definition) is 14. The number of anilines is 6. The number of fused-ring (bicyclic) bond motifs is 1. The standard InChI is InChI=1S/C49H58ClN10O6P/c1-65-43-29-33(15-16-38(43)54-49-52-30-36(50)46(56-49)53-39-10-4-5-14-44(39)67(2,3)64)57-22-19-32(20-23-57)58-24-26-59(27-25-58)40(42-13-8-28-66-42)12-7-21-51-37-11-6-9-34-35(37)31-60(48(34)63)41-17-18-45(61)55-47(41)62/h4-6,8-11,13-16,28-30,32,40-41,51H,7,12,17-27,31H2,1-3H3,(H,55,61,62)(H2,52,53,54,56). The summed E-state index contributed by atoms with van der Waals surface area (Å²) in [5.74, 6) is 1.53. The maximum Gasteiger partial charge on any atom is 0.255 e. The van der Waals surface area contributed by atoms with Crippen molar-refractivity contribution < 1.29 is 28.1 Å². The summed E-state index contributed by atoms with van der Waals surface area (Å²) in [7, 11) is -0.900. The van der Waals surface area contributed by atoms with E-state index in [0.717, 1.165) is 99.9 Å². The number of carbonyl (C=O) groups excluding carboxylic acids is 3. The number of furan rings is 1. The lowest BCUT2D eigenvalue weighted by Gasteiger charge is -2.44. The van der Waals surface area contributed by atoms with E-state index in [4.69, 9.17) is 20.8 Å². The first-order chi connectivity index (χ1) is 32.4. The van der Waals surface area contributed by atoms with Gasteiger partial charge in [-0.2, -0.15) is 4.98 Å². The summed E-state index contributed by atoms with van der Waals surface area (Å²) >= 11 is 6.51. The number of methoxy groups -OCH3 is 1. The minimum atomic E-state index is -2.56. The zero-order valence-corrected chi connectivity index (χ0v) is 39.8. The van der Waals surface area contributed by atoms with E-state index in [1.54, 1.807) is 31.6 Å². The zero-order chi connectivity index (χ0) is 46.7. The van der Waals surface area contributed by atoms with Crippen LogP contribution in [0.4, 0.5) is 34.5 Å². The number of nitrogens with one attached hydrogen (secondary N) is 4. The molecule has 352 valence electrons. The Bertz CT molecular complexity index is 2650. The lowest BCUT2D eigenvalue weighted by molar-refractivity contribution is -0.136. The quantitative estimate of drug-likeness (QED) is 0.0436. The molecule has 0 spiro atoms. The highest BCUT2D eigenvalue weighted by Gasteiger charge is 2.40. The van der Waals surface area contributed by atoms with Gasteiger partial charge >= 0.3 is 0 Å². The zero-order valence-electron chi connectivity index (χ0n) is 38.2. The minimum absolute atomic E-state index is 0.158. The molecule has 2 unspecified atom stereocenters. The molecular weight excluding hydrogens is 891 g/mol. The summed E-state index contributed by atoms with van der Waals surface area (Å²) in [4.78, 5) is 56.0. The summed E-state index contributed by atoms with van der Waals surface area (Å²) < 4.78 is 24.8. The largest absolute Gasteiger partial charge is 0.494 e. The van der Waals surface area contributed by atoms with Crippen LogP contribution in [0, 0.1) is 0 Å². The van der Waals surface area contributed by atoms with Crippen LogP contribution in [-0.4, -0.2) is 121 Å². The highest BCUT2D eigenvalue weighted by atomic mass is 35.5. The highest BCUT2D eigenvalue weighted by molar-refractivity contribution is 7.70. The molecule has 67 heavy (non-hydrogen) atoms. The number of rotatable bonds is 16. The molecule has 0 bridgehead atoms. The van der Waals surface area contributed by atoms with Crippen LogP contribution in [0.15, 0.2) is 89.7 Å². The summed E-state index contributed by atoms with van der Waals surface area (Å²) in [5.41, 5.74) is 4.91. The molecule has 18 heteroatoms. The van der Waals surface area contributed by atoms with Gasteiger partial charge in [0.25, 0.3) is 5.91 Å². The first kappa shape index (κ1) is 46.2. The molecular formula is C49H58ClN10O6P. The van der Waals surface area contributed by atoms with E-state index in [2.05, 4.69) is 64.1 Å². The van der Waals surface area contributed by atoms with Crippen LogP contribution in [0.1, 0.15) is 66.2 Å². The predicted molar refractivity (Wildman–Crippen MR) is 262 cm³/mol. The maximum atomic E-state index is 13.3. The molecule has 3 aromatic carbocycles. The van der Waals surface area contributed by atoms with Crippen molar-refractivity contribution in [2.24, 2.45) is 0 Å². The Labute approximate surface area is 396 Å². The number of piperazine rings is 1. The minimum Gasteiger partial charge on any atom is -0.494 e. The fourth-order valence-corrected chi connectivity index (χ4v) is 11.2. The van der Waals surface area contributed by atoms with E-state index >= 15 is 0 Å². The van der Waals surface area contributed by atoms with Crippen molar-refractivity contribution in [2.75, 3.05) is 87.1 Å². The number of carbonyl (C=O) groups is 3. The highest BCUT2D eigenvalue weighted by Crippen LogP contribution is 2.40. The Morgan fingerprint density at radius 2 is 1.70 bits per heavy atom. The van der Waals surface area contributed by atoms with E-state index < -0.39 is 19.1 Å². The Morgan fingerprint density at radius 1 is 0.910 bits per heavy atom. The smallest absolute Gasteiger partial charge is 0.255 e. The average molecular weight is 949 g/mol. The van der Waals surface area contributed by atoms with Crippen LogP contribution in [0.3, 0.4) is 0 Å². The average Bonchev–Trinajstić information content (AvgIpc) is 3.99. The maximum absolute atomic E-state index is 13.3. The summed E-state index contributed by atoms with van der Waals surface area (Å²) in [6, 6.07) is 23.4. The van der Waals surface area contributed by atoms with Gasteiger partial charge in [0.15, 0.2) is 5.82 Å². The monoisotopic (exact) mass is 948 g/mol. The molecule has 2 aromatic heterocycles. The number of ether oxygens (including phenoxy) is 1. The fourth-order valence-electron chi connectivity index (χ4n) is 9.95. The van der Waals surface area contributed by atoms with Gasteiger partial charge in [-0.3, -0.25) is 29.5 Å². The van der Waals surface area contributed by atoms with Crippen molar-refractivity contribution in [1.82, 2.24) is 30.0 Å². The molecule has 6 heterocycles. The normalized spacial score (nSPS) is 19.0. The number of hydrogen-bond donors (Lipinski definition) is 4. The van der Waals surface area contributed by atoms with Gasteiger partial charge in [0.1, 0.15) is 29.7 Å². The third-order valence-electron chi connectivity index (χ3n) is 13.5. The fraction of sp³-hybridized carbons (Fsp3) is 0.408. The SMILES string of the molecule is COc1cc(N2CCC(N3CCN(C(CCCNc4cccc5c4CN(C4CCC(=O)NC4=O)C5=O)c4ccco4)CC3)CC2)ccc1Nc1ncc(Cl)c(Nc2ccccc2P(C)(C)=O)n1. The summed E-state index contributed by atoms with van der Waals surface area (Å²) in [6.07, 6.45) is 7.81. The van der Waals surface area contributed by atoms with Crippen LogP contribution in [-0.2, 0) is 20.7 Å². The van der Waals surface area contributed by atoms with Crippen molar-refractivity contribution in [3.05, 3.63) is 107 Å². The van der Waals surface area contributed by atoms with Gasteiger partial charge in [0.05, 0.1) is 37.0 Å². The van der Waals surface area contributed by atoms with Crippen molar-refractivity contribution >= 4 is 76.3 Å². The first-order valence-electron chi connectivity index (χ1n) is 23.1. The summed E-state index contributed by atoms with van der Waals surface area (Å²) in [5, 5.41) is 13.6. The number of nitrogens with zero attached hydrogens (tertiary/aromatic N) is 6. The first-order valence-corrected chi connectivity index (χ1v) is 26.1. The number of halogens is 1. The molecule has 16 nitrogen and oxygen atoms in total. The summed E-state index contributed by atoms with van der Waals surface area (Å²) in [6.45, 7) is 10.3. The lowest BCUT2D eigenvalue weighted by Crippen LogP contribution is -2.53. The molecule has 3 fully saturated rings. The third-order valence-corrected chi connectivity index (χ3v) is 15.3. The van der Waals surface area contributed by atoms with E-state index in [1.165, 1.54) is 6.20 Å². The molecule has 2 atom stereocenters. The van der Waals surface area contributed by atoms with Gasteiger partial charge in [0, 0.05) is 98.7 Å². The van der Waals surface area contributed by atoms with Gasteiger partial charge in [-0.1, -0.05) is 29.8 Å². The van der Waals surface area contributed by atoms with Gasteiger partial charge < -0.3 is 39.5 Å². The molecule has 4 aliphatic rings. The molecule has 5 aromatic rings. The van der Waals surface area contributed by atoms with E-state index in [9.17, 15) is 18.9 Å². The van der Waals surface area contributed by atoms with Gasteiger partial charge in [-0.25, -0.2) is 4.98 Å². The second-order valence-corrected chi connectivity index (χ2v) is 21.6. The second kappa shape index (κ2) is 20.1. The molecule has 3 amide bonds. The van der Waals surface area contributed by atoms with Crippen molar-refractivity contribution in [2.45, 2.75) is 63.2 Å². The van der Waals surface area contributed by atoms with E-state index in [0.29, 0.717) is 58.1 Å². The van der Waals surface area contributed by atoms with E-state index in [-0.39, 0.29) is 24.3 Å². The Kier molecular flexibility index (Phi) is 13.9. The number of piperidine rings is 2. The Balaban J connectivity index is 0.758. The van der Waals surface area contributed by atoms with Crippen LogP contribution in [0.5, 0.6) is 5.75 Å². The second-order valence-electron chi connectivity index (χ2n) is 18.0. The molecule has 0 saturated carbocycles. The molecule has 0 aliphatic carbocycles. The van der Waals surface area contributed by atoms with Crippen LogP contribution >= 0.6 is 18.7 Å². The predicted octanol–water partition coefficient (Wildman–Crippen LogP) is 7.45. The Hall–Kier alpha value is -5.93. The molecule has 0 radical (unpaired) electrons. The molecule has 9 rings (SSSR count). The van der Waals surface area contributed by atoms with Crippen LogP contribution in [0.2, 0.25) is 5.02 Å². The number of benzene rings is 3. The third kappa shape index (κ3) is 10.3. The van der Waals surface area contributed by atoms with Crippen LogP contribution < -0.4 is 36.2 Å². The number of aromatic nitrogens is 2. The number of para-hydroxylation sites is 1. The molecule has 4 aliphatic heterocycles. The molecule has 3 saturated heterocycles. The van der Waals surface area contributed by atoms with Gasteiger partial charge in [-0.05, 0) is 94.0 Å². The van der Waals surface area contributed by atoms with Crippen molar-refractivity contribution in [3.8, 4) is 5.75 Å². The van der Waals surface area contributed by atoms with Gasteiger partial charge in [0.2, 0.25) is 17.8 Å². The van der Waals surface area contributed by atoms with Crippen LogP contribution in [0.25, 0.3) is 0 Å². The molecule has 4 N–H and O–H groups in total. The number of imide groups is 1. The lowest BCUT2D eigenvalue weighted by atomic mass is 10.0. The topological polar surface area (TPSA) is 178 Å². The van der Waals surface area contributed by atoms with Crippen molar-refractivity contribution in [1.29, 1.82) is 0 Å². The Morgan fingerprint density at radius 3 is 2.45 bits per heavy atom.